The van der Waals surface area contributed by atoms with Crippen LogP contribution in [0.25, 0.3) is 0 Å². The van der Waals surface area contributed by atoms with Crippen LogP contribution in [-0.2, 0) is 14.8 Å². The molecular formula is C35H45FN4O7S. The lowest BCUT2D eigenvalue weighted by molar-refractivity contribution is -0.0115. The summed E-state index contributed by atoms with van der Waals surface area (Å²) >= 11 is 0. The van der Waals surface area contributed by atoms with E-state index in [4.69, 9.17) is 9.47 Å². The number of hydrogen-bond donors (Lipinski definition) is 3. The summed E-state index contributed by atoms with van der Waals surface area (Å²) in [6, 6.07) is 17.0. The van der Waals surface area contributed by atoms with Crippen molar-refractivity contribution in [2.24, 2.45) is 5.92 Å². The first-order valence-electron chi connectivity index (χ1n) is 16.1. The molecule has 1 aliphatic heterocycles. The van der Waals surface area contributed by atoms with Crippen LogP contribution in [0, 0.1) is 11.7 Å². The summed E-state index contributed by atoms with van der Waals surface area (Å²) in [7, 11) is -2.30. The zero-order valence-electron chi connectivity index (χ0n) is 27.8. The highest BCUT2D eigenvalue weighted by Gasteiger charge is 2.31. The fraction of sp³-hybridized carbons (Fsp3) is 0.429. The maximum absolute atomic E-state index is 14.3. The Hall–Kier alpha value is -4.20. The summed E-state index contributed by atoms with van der Waals surface area (Å²) < 4.78 is 54.6. The van der Waals surface area contributed by atoms with Crippen molar-refractivity contribution in [3.63, 3.8) is 0 Å². The number of benzene rings is 3. The smallest absolute Gasteiger partial charge is 0.321 e. The number of halogens is 1. The monoisotopic (exact) mass is 684 g/mol. The molecule has 3 aromatic rings. The van der Waals surface area contributed by atoms with E-state index in [-0.39, 0.29) is 47.9 Å². The number of fused-ring (bicyclic) bond motifs is 1. The molecular weight excluding hydrogens is 639 g/mol. The Kier molecular flexibility index (Phi) is 12.8. The number of carbonyl (C=O) groups excluding carboxylic acids is 2. The number of anilines is 2. The van der Waals surface area contributed by atoms with E-state index >= 15 is 0 Å². The molecule has 0 spiro atoms. The first kappa shape index (κ1) is 36.6. The number of rotatable bonds is 8. The van der Waals surface area contributed by atoms with E-state index in [2.05, 4.69) is 10.0 Å². The SMILES string of the molecule is C[C@@H]1CCCCO[C@@H](CN(C)C(=O)Nc2ccc(F)cc2)[C@H](C)CN([C@H](C)CO)C(=O)c2cc(NS(=O)(=O)c3ccccc3)ccc2O1. The number of hydrogen-bond acceptors (Lipinski definition) is 7. The number of sulfonamides is 1. The number of ether oxygens (including phenoxy) is 2. The van der Waals surface area contributed by atoms with Crippen molar-refractivity contribution in [2.75, 3.05) is 43.4 Å². The molecule has 260 valence electrons. The highest BCUT2D eigenvalue weighted by molar-refractivity contribution is 7.92. The van der Waals surface area contributed by atoms with Gasteiger partial charge in [-0.3, -0.25) is 9.52 Å². The molecule has 48 heavy (non-hydrogen) atoms. The Bertz CT molecular complexity index is 1630. The Morgan fingerprint density at radius 2 is 1.75 bits per heavy atom. The van der Waals surface area contributed by atoms with Crippen molar-refractivity contribution in [1.82, 2.24) is 9.80 Å². The van der Waals surface area contributed by atoms with Crippen molar-refractivity contribution in [3.05, 3.63) is 84.2 Å². The third-order valence-electron chi connectivity index (χ3n) is 8.25. The molecule has 0 unspecified atom stereocenters. The Balaban J connectivity index is 1.62. The van der Waals surface area contributed by atoms with Crippen LogP contribution in [0.1, 0.15) is 50.4 Å². The lowest BCUT2D eigenvalue weighted by Gasteiger charge is -2.35. The van der Waals surface area contributed by atoms with Gasteiger partial charge in [0.2, 0.25) is 0 Å². The van der Waals surface area contributed by atoms with Gasteiger partial charge in [-0.1, -0.05) is 25.1 Å². The highest BCUT2D eigenvalue weighted by Crippen LogP contribution is 2.29. The molecule has 1 aliphatic rings. The van der Waals surface area contributed by atoms with Crippen molar-refractivity contribution in [1.29, 1.82) is 0 Å². The summed E-state index contributed by atoms with van der Waals surface area (Å²) in [5.41, 5.74) is 0.776. The number of aliphatic hydroxyl groups excluding tert-OH is 1. The Morgan fingerprint density at radius 3 is 2.44 bits per heavy atom. The van der Waals surface area contributed by atoms with Crippen LogP contribution in [-0.4, -0.2) is 86.9 Å². The molecule has 0 saturated carbocycles. The van der Waals surface area contributed by atoms with Gasteiger partial charge < -0.3 is 29.7 Å². The highest BCUT2D eigenvalue weighted by atomic mass is 32.2. The topological polar surface area (TPSA) is 138 Å². The number of aliphatic hydroxyl groups is 1. The minimum atomic E-state index is -3.93. The molecule has 0 aromatic heterocycles. The van der Waals surface area contributed by atoms with E-state index in [0.29, 0.717) is 24.5 Å². The van der Waals surface area contributed by atoms with E-state index in [1.807, 2.05) is 13.8 Å². The second-order valence-corrected chi connectivity index (χ2v) is 13.9. The molecule has 13 heteroatoms. The van der Waals surface area contributed by atoms with Crippen LogP contribution < -0.4 is 14.8 Å². The fourth-order valence-corrected chi connectivity index (χ4v) is 6.44. The lowest BCUT2D eigenvalue weighted by atomic mass is 10.0. The van der Waals surface area contributed by atoms with Gasteiger partial charge in [-0.2, -0.15) is 0 Å². The first-order valence-corrected chi connectivity index (χ1v) is 17.6. The molecule has 0 fully saturated rings. The van der Waals surface area contributed by atoms with E-state index in [9.17, 15) is 27.5 Å². The van der Waals surface area contributed by atoms with Crippen molar-refractivity contribution in [3.8, 4) is 5.75 Å². The van der Waals surface area contributed by atoms with Crippen LogP contribution in [0.2, 0.25) is 0 Å². The van der Waals surface area contributed by atoms with Crippen LogP contribution in [0.3, 0.4) is 0 Å². The molecule has 0 aliphatic carbocycles. The molecule has 11 nitrogen and oxygen atoms in total. The van der Waals surface area contributed by atoms with Gasteiger partial charge in [0, 0.05) is 44.0 Å². The van der Waals surface area contributed by atoms with Crippen molar-refractivity contribution >= 4 is 33.3 Å². The van der Waals surface area contributed by atoms with Gasteiger partial charge in [0.1, 0.15) is 11.6 Å². The minimum Gasteiger partial charge on any atom is -0.490 e. The standard InChI is InChI=1S/C35H45FN4O7S/c1-24-21-40(25(2)23-41)34(42)31-20-29(38-48(44,45)30-11-6-5-7-12-30)17-18-32(31)47-26(3)10-8-9-19-46-33(24)22-39(4)35(43)37-28-15-13-27(36)14-16-28/h5-7,11-18,20,24-26,33,38,41H,8-10,19,21-23H2,1-4H3,(H,37,43)/t24-,25-,26-,33+/m1/s1. The third-order valence-corrected chi connectivity index (χ3v) is 9.65. The predicted molar refractivity (Wildman–Crippen MR) is 182 cm³/mol. The third kappa shape index (κ3) is 9.91. The average molecular weight is 685 g/mol. The molecule has 3 N–H and O–H groups in total. The second-order valence-electron chi connectivity index (χ2n) is 12.2. The maximum atomic E-state index is 14.3. The van der Waals surface area contributed by atoms with Crippen molar-refractivity contribution < 1.29 is 37.0 Å². The zero-order chi connectivity index (χ0) is 34.8. The second kappa shape index (κ2) is 16.8. The van der Waals surface area contributed by atoms with Gasteiger partial charge in [-0.05, 0) is 87.7 Å². The van der Waals surface area contributed by atoms with Gasteiger partial charge in [-0.15, -0.1) is 0 Å². The summed E-state index contributed by atoms with van der Waals surface area (Å²) in [6.07, 6.45) is 1.47. The molecule has 3 aromatic carbocycles. The number of carbonyl (C=O) groups is 2. The summed E-state index contributed by atoms with van der Waals surface area (Å²) in [5.74, 6) is -0.854. The average Bonchev–Trinajstić information content (AvgIpc) is 3.07. The zero-order valence-corrected chi connectivity index (χ0v) is 28.6. The summed E-state index contributed by atoms with van der Waals surface area (Å²) in [4.78, 5) is 30.4. The van der Waals surface area contributed by atoms with E-state index in [0.717, 1.165) is 12.8 Å². The maximum Gasteiger partial charge on any atom is 0.321 e. The van der Waals surface area contributed by atoms with Crippen molar-refractivity contribution in [2.45, 2.75) is 63.2 Å². The molecule has 0 bridgehead atoms. The number of nitrogens with zero attached hydrogens (tertiary/aromatic N) is 2. The molecule has 0 radical (unpaired) electrons. The summed E-state index contributed by atoms with van der Waals surface area (Å²) in [5, 5.41) is 12.9. The van der Waals surface area contributed by atoms with Crippen LogP contribution >= 0.6 is 0 Å². The lowest BCUT2D eigenvalue weighted by Crippen LogP contribution is -2.48. The molecule has 1 heterocycles. The van der Waals surface area contributed by atoms with E-state index in [1.165, 1.54) is 52.3 Å². The molecule has 3 amide bonds. The van der Waals surface area contributed by atoms with Crippen LogP contribution in [0.15, 0.2) is 77.7 Å². The number of likely N-dealkylation sites (N-methyl/N-ethyl adjacent to an activating group) is 1. The van der Waals surface area contributed by atoms with Gasteiger partial charge >= 0.3 is 6.03 Å². The van der Waals surface area contributed by atoms with E-state index in [1.54, 1.807) is 44.3 Å². The number of amides is 3. The van der Waals surface area contributed by atoms with E-state index < -0.39 is 39.9 Å². The molecule has 4 atom stereocenters. The predicted octanol–water partition coefficient (Wildman–Crippen LogP) is 5.59. The fourth-order valence-electron chi connectivity index (χ4n) is 5.37. The van der Waals surface area contributed by atoms with Crippen LogP contribution in [0.5, 0.6) is 5.75 Å². The number of urea groups is 1. The molecule has 0 saturated heterocycles. The Morgan fingerprint density at radius 1 is 1.06 bits per heavy atom. The van der Waals surface area contributed by atoms with Gasteiger partial charge in [0.05, 0.1) is 35.3 Å². The first-order chi connectivity index (χ1) is 22.9. The minimum absolute atomic E-state index is 0.0768. The quantitative estimate of drug-likeness (QED) is 0.282. The normalized spacial score (nSPS) is 20.1. The van der Waals surface area contributed by atoms with Gasteiger partial charge in [0.25, 0.3) is 15.9 Å². The summed E-state index contributed by atoms with van der Waals surface area (Å²) in [6.45, 7) is 6.00. The van der Waals surface area contributed by atoms with Gasteiger partial charge in [-0.25, -0.2) is 17.6 Å². The van der Waals surface area contributed by atoms with Gasteiger partial charge in [0.15, 0.2) is 0 Å². The van der Waals surface area contributed by atoms with Crippen LogP contribution in [0.4, 0.5) is 20.6 Å². The largest absolute Gasteiger partial charge is 0.490 e. The molecule has 4 rings (SSSR count). The number of nitrogens with one attached hydrogen (secondary N) is 2. The Labute approximate surface area is 282 Å².